The first-order chi connectivity index (χ1) is 14.2. The molecule has 0 fully saturated rings. The van der Waals surface area contributed by atoms with E-state index in [9.17, 15) is 9.59 Å². The van der Waals surface area contributed by atoms with Gasteiger partial charge in [-0.15, -0.1) is 5.10 Å². The minimum absolute atomic E-state index is 0.250. The van der Waals surface area contributed by atoms with Crippen LogP contribution < -0.4 is 15.6 Å². The number of imidazole rings is 1. The number of amides is 1. The standard InChI is InChI=1S/C20H18N6O3/c27-19(13-26-20(28)15-5-1-2-6-16(15)23-24-26)22-17-7-3-4-8-18(17)29-12-11-25-10-9-21-14-25/h1-10,14H,11-13H2,(H,22,27). The van der Waals surface area contributed by atoms with E-state index in [-0.39, 0.29) is 12.1 Å². The predicted molar refractivity (Wildman–Crippen MR) is 107 cm³/mol. The minimum atomic E-state index is -0.401. The number of benzene rings is 2. The first-order valence-electron chi connectivity index (χ1n) is 9.01. The van der Waals surface area contributed by atoms with Crippen LogP contribution in [0.5, 0.6) is 5.75 Å². The van der Waals surface area contributed by atoms with Crippen molar-refractivity contribution in [2.75, 3.05) is 11.9 Å². The molecule has 0 atom stereocenters. The van der Waals surface area contributed by atoms with Crippen molar-refractivity contribution in [2.45, 2.75) is 13.1 Å². The maximum Gasteiger partial charge on any atom is 0.278 e. The van der Waals surface area contributed by atoms with Crippen molar-refractivity contribution in [3.8, 4) is 5.75 Å². The number of aromatic nitrogens is 5. The molecular formula is C20H18N6O3. The number of carbonyl (C=O) groups excluding carboxylic acids is 1. The second-order valence-corrected chi connectivity index (χ2v) is 6.26. The van der Waals surface area contributed by atoms with Gasteiger partial charge in [-0.2, -0.15) is 0 Å². The first kappa shape index (κ1) is 18.4. The molecule has 2 aromatic carbocycles. The Kier molecular flexibility index (Phi) is 5.28. The Morgan fingerprint density at radius 1 is 1.10 bits per heavy atom. The number of anilines is 1. The second-order valence-electron chi connectivity index (χ2n) is 6.26. The highest BCUT2D eigenvalue weighted by Gasteiger charge is 2.12. The third-order valence-electron chi connectivity index (χ3n) is 4.25. The van der Waals surface area contributed by atoms with E-state index >= 15 is 0 Å². The molecule has 0 aliphatic rings. The first-order valence-corrected chi connectivity index (χ1v) is 9.01. The SMILES string of the molecule is O=C(Cn1nnc2ccccc2c1=O)Nc1ccccc1OCCn1ccnc1. The number of hydrogen-bond acceptors (Lipinski definition) is 6. The number of hydrogen-bond donors (Lipinski definition) is 1. The third kappa shape index (κ3) is 4.29. The van der Waals surface area contributed by atoms with Crippen LogP contribution in [0.25, 0.3) is 10.9 Å². The fraction of sp³-hybridized carbons (Fsp3) is 0.150. The lowest BCUT2D eigenvalue weighted by atomic mass is 10.2. The van der Waals surface area contributed by atoms with E-state index in [1.807, 2.05) is 16.8 Å². The summed E-state index contributed by atoms with van der Waals surface area (Å²) in [5.41, 5.74) is 0.645. The van der Waals surface area contributed by atoms with Crippen molar-refractivity contribution in [1.29, 1.82) is 0 Å². The summed E-state index contributed by atoms with van der Waals surface area (Å²) in [4.78, 5) is 28.9. The fourth-order valence-corrected chi connectivity index (χ4v) is 2.83. The van der Waals surface area contributed by atoms with Crippen LogP contribution in [0, 0.1) is 0 Å². The van der Waals surface area contributed by atoms with E-state index in [4.69, 9.17) is 4.74 Å². The number of nitrogens with zero attached hydrogens (tertiary/aromatic N) is 5. The maximum absolute atomic E-state index is 12.5. The van der Waals surface area contributed by atoms with Crippen LogP contribution in [-0.2, 0) is 17.9 Å². The van der Waals surface area contributed by atoms with E-state index in [1.165, 1.54) is 0 Å². The molecule has 4 rings (SSSR count). The molecule has 2 heterocycles. The average Bonchev–Trinajstić information content (AvgIpc) is 3.25. The molecule has 0 radical (unpaired) electrons. The van der Waals surface area contributed by atoms with Gasteiger partial charge >= 0.3 is 0 Å². The van der Waals surface area contributed by atoms with Gasteiger partial charge in [0.15, 0.2) is 0 Å². The second kappa shape index (κ2) is 8.34. The van der Waals surface area contributed by atoms with Gasteiger partial charge in [-0.1, -0.05) is 29.5 Å². The van der Waals surface area contributed by atoms with Gasteiger partial charge < -0.3 is 14.6 Å². The predicted octanol–water partition coefficient (Wildman–Crippen LogP) is 1.71. The number of fused-ring (bicyclic) bond motifs is 1. The molecule has 4 aromatic rings. The number of carbonyl (C=O) groups is 1. The lowest BCUT2D eigenvalue weighted by Crippen LogP contribution is -2.30. The summed E-state index contributed by atoms with van der Waals surface area (Å²) in [6.07, 6.45) is 5.25. The van der Waals surface area contributed by atoms with Crippen LogP contribution in [0.1, 0.15) is 0 Å². The number of para-hydroxylation sites is 2. The van der Waals surface area contributed by atoms with Gasteiger partial charge in [0, 0.05) is 12.4 Å². The normalized spacial score (nSPS) is 10.8. The molecule has 0 spiro atoms. The molecule has 29 heavy (non-hydrogen) atoms. The highest BCUT2D eigenvalue weighted by Crippen LogP contribution is 2.23. The summed E-state index contributed by atoms with van der Waals surface area (Å²) in [5.74, 6) is 0.139. The van der Waals surface area contributed by atoms with Crippen molar-refractivity contribution >= 4 is 22.5 Å². The zero-order valence-corrected chi connectivity index (χ0v) is 15.4. The summed E-state index contributed by atoms with van der Waals surface area (Å²) in [5, 5.41) is 11.0. The summed E-state index contributed by atoms with van der Waals surface area (Å²) in [6, 6.07) is 14.0. The maximum atomic E-state index is 12.5. The highest BCUT2D eigenvalue weighted by molar-refractivity contribution is 5.92. The molecule has 0 aliphatic heterocycles. The van der Waals surface area contributed by atoms with Gasteiger partial charge in [0.2, 0.25) is 5.91 Å². The zero-order valence-electron chi connectivity index (χ0n) is 15.4. The van der Waals surface area contributed by atoms with Crippen molar-refractivity contribution in [3.63, 3.8) is 0 Å². The largest absolute Gasteiger partial charge is 0.490 e. The smallest absolute Gasteiger partial charge is 0.278 e. The molecule has 1 amide bonds. The highest BCUT2D eigenvalue weighted by atomic mass is 16.5. The van der Waals surface area contributed by atoms with E-state index < -0.39 is 5.91 Å². The van der Waals surface area contributed by atoms with Gasteiger partial charge in [0.05, 0.1) is 23.9 Å². The lowest BCUT2D eigenvalue weighted by Gasteiger charge is -2.13. The Hall–Kier alpha value is -4.01. The Balaban J connectivity index is 1.43. The van der Waals surface area contributed by atoms with Crippen LogP contribution in [0.2, 0.25) is 0 Å². The summed E-state index contributed by atoms with van der Waals surface area (Å²) >= 11 is 0. The van der Waals surface area contributed by atoms with Gasteiger partial charge in [-0.3, -0.25) is 9.59 Å². The number of rotatable bonds is 7. The van der Waals surface area contributed by atoms with Crippen molar-refractivity contribution in [3.05, 3.63) is 77.6 Å². The Morgan fingerprint density at radius 3 is 2.79 bits per heavy atom. The Labute approximate surface area is 165 Å². The Morgan fingerprint density at radius 2 is 1.93 bits per heavy atom. The molecule has 0 saturated heterocycles. The lowest BCUT2D eigenvalue weighted by molar-refractivity contribution is -0.117. The molecule has 0 unspecified atom stereocenters. The van der Waals surface area contributed by atoms with Gasteiger partial charge in [0.1, 0.15) is 24.4 Å². The molecule has 1 N–H and O–H groups in total. The van der Waals surface area contributed by atoms with Crippen LogP contribution in [0.15, 0.2) is 72.0 Å². The summed E-state index contributed by atoms with van der Waals surface area (Å²) in [7, 11) is 0. The van der Waals surface area contributed by atoms with Crippen LogP contribution in [0.3, 0.4) is 0 Å². The van der Waals surface area contributed by atoms with E-state index in [0.717, 1.165) is 4.68 Å². The third-order valence-corrected chi connectivity index (χ3v) is 4.25. The van der Waals surface area contributed by atoms with Crippen molar-refractivity contribution in [2.24, 2.45) is 0 Å². The zero-order chi connectivity index (χ0) is 20.1. The topological polar surface area (TPSA) is 104 Å². The van der Waals surface area contributed by atoms with Gasteiger partial charge in [-0.25, -0.2) is 9.67 Å². The van der Waals surface area contributed by atoms with E-state index in [2.05, 4.69) is 20.6 Å². The summed E-state index contributed by atoms with van der Waals surface area (Å²) in [6.45, 7) is 0.795. The van der Waals surface area contributed by atoms with Crippen LogP contribution >= 0.6 is 0 Å². The summed E-state index contributed by atoms with van der Waals surface area (Å²) < 4.78 is 8.72. The fourth-order valence-electron chi connectivity index (χ4n) is 2.83. The van der Waals surface area contributed by atoms with Gasteiger partial charge in [-0.05, 0) is 24.3 Å². The van der Waals surface area contributed by atoms with Crippen LogP contribution in [0.4, 0.5) is 5.69 Å². The van der Waals surface area contributed by atoms with E-state index in [1.54, 1.807) is 55.0 Å². The molecule has 9 nitrogen and oxygen atoms in total. The molecule has 2 aromatic heterocycles. The molecular weight excluding hydrogens is 372 g/mol. The Bertz CT molecular complexity index is 1190. The van der Waals surface area contributed by atoms with Crippen molar-refractivity contribution < 1.29 is 9.53 Å². The molecule has 146 valence electrons. The average molecular weight is 390 g/mol. The minimum Gasteiger partial charge on any atom is -0.490 e. The molecule has 9 heteroatoms. The van der Waals surface area contributed by atoms with Crippen molar-refractivity contribution in [1.82, 2.24) is 24.5 Å². The molecule has 0 aliphatic carbocycles. The molecule has 0 saturated carbocycles. The number of ether oxygens (including phenoxy) is 1. The quantitative estimate of drug-likeness (QED) is 0.515. The molecule has 0 bridgehead atoms. The van der Waals surface area contributed by atoms with E-state index in [0.29, 0.717) is 35.5 Å². The number of nitrogens with one attached hydrogen (secondary N) is 1. The van der Waals surface area contributed by atoms with Crippen LogP contribution in [-0.4, -0.2) is 37.1 Å². The monoisotopic (exact) mass is 390 g/mol. The van der Waals surface area contributed by atoms with Gasteiger partial charge in [0.25, 0.3) is 5.56 Å².